The van der Waals surface area contributed by atoms with E-state index in [0.717, 1.165) is 0 Å². The molecule has 0 amide bonds. The summed E-state index contributed by atoms with van der Waals surface area (Å²) < 4.78 is 5.50. The molecule has 1 heterocycles. The van der Waals surface area contributed by atoms with Crippen LogP contribution in [0.15, 0.2) is 30.3 Å². The number of aryl methyl sites for hydroxylation is 1. The third-order valence-corrected chi connectivity index (χ3v) is 3.07. The Kier molecular flexibility index (Phi) is 4.65. The Balaban J connectivity index is 2.45. The van der Waals surface area contributed by atoms with Gasteiger partial charge in [0.05, 0.1) is 17.3 Å². The zero-order valence-corrected chi connectivity index (χ0v) is 12.4. The number of nitrogens with one attached hydrogen (secondary N) is 1. The number of halogens is 1. The van der Waals surface area contributed by atoms with E-state index in [1.807, 2.05) is 6.92 Å². The van der Waals surface area contributed by atoms with Gasteiger partial charge in [0, 0.05) is 5.69 Å². The second-order valence-corrected chi connectivity index (χ2v) is 4.74. The topological polar surface area (TPSA) is 71.5 Å². The van der Waals surface area contributed by atoms with Crippen LogP contribution in [0.25, 0.3) is 0 Å². The van der Waals surface area contributed by atoms with Crippen LogP contribution in [0.1, 0.15) is 23.0 Å². The van der Waals surface area contributed by atoms with Gasteiger partial charge in [0.25, 0.3) is 0 Å². The fraction of sp³-hybridized carbons (Fsp3) is 0.200. The molecule has 2 aromatic rings. The van der Waals surface area contributed by atoms with Gasteiger partial charge in [-0.15, -0.1) is 0 Å². The third kappa shape index (κ3) is 3.44. The third-order valence-electron chi connectivity index (χ3n) is 2.77. The Morgan fingerprint density at radius 2 is 2.14 bits per heavy atom. The van der Waals surface area contributed by atoms with Gasteiger partial charge in [0.15, 0.2) is 5.75 Å². The predicted octanol–water partition coefficient (Wildman–Crippen LogP) is 3.88. The first-order valence-corrected chi connectivity index (χ1v) is 6.80. The molecule has 0 saturated heterocycles. The molecule has 0 aliphatic rings. The molecule has 2 N–H and O–H groups in total. The lowest BCUT2D eigenvalue weighted by Crippen LogP contribution is -2.07. The molecule has 1 aromatic heterocycles. The van der Waals surface area contributed by atoms with E-state index < -0.39 is 5.97 Å². The summed E-state index contributed by atoms with van der Waals surface area (Å²) in [5.74, 6) is -0.322. The molecule has 0 spiro atoms. The Morgan fingerprint density at radius 3 is 2.81 bits per heavy atom. The van der Waals surface area contributed by atoms with Gasteiger partial charge in [-0.2, -0.15) is 0 Å². The average Bonchev–Trinajstić information content (AvgIpc) is 2.42. The number of aromatic nitrogens is 1. The van der Waals surface area contributed by atoms with Crippen LogP contribution in [-0.4, -0.2) is 22.7 Å². The average molecular weight is 307 g/mol. The van der Waals surface area contributed by atoms with Crippen LogP contribution in [0.5, 0.6) is 5.75 Å². The number of carboxylic acids is 1. The normalized spacial score (nSPS) is 10.2. The molecule has 0 aliphatic heterocycles. The van der Waals surface area contributed by atoms with Crippen molar-refractivity contribution >= 4 is 29.1 Å². The standard InChI is InChI=1S/C15H15ClN2O3/c1-3-21-13-11(16)5-4-6-12(13)18-14-10(15(19)20)8-7-9(2)17-14/h4-8H,3H2,1-2H3,(H,17,18)(H,19,20). The highest BCUT2D eigenvalue weighted by atomic mass is 35.5. The van der Waals surface area contributed by atoms with Crippen molar-refractivity contribution in [2.24, 2.45) is 0 Å². The molecular weight excluding hydrogens is 292 g/mol. The number of benzene rings is 1. The zero-order valence-electron chi connectivity index (χ0n) is 11.7. The van der Waals surface area contributed by atoms with Crippen LogP contribution in [0.2, 0.25) is 5.02 Å². The lowest BCUT2D eigenvalue weighted by atomic mass is 10.2. The van der Waals surface area contributed by atoms with Gasteiger partial charge >= 0.3 is 5.97 Å². The molecule has 21 heavy (non-hydrogen) atoms. The van der Waals surface area contributed by atoms with Crippen molar-refractivity contribution in [1.82, 2.24) is 4.98 Å². The molecule has 0 fully saturated rings. The minimum absolute atomic E-state index is 0.0861. The lowest BCUT2D eigenvalue weighted by molar-refractivity contribution is 0.0697. The van der Waals surface area contributed by atoms with Crippen molar-refractivity contribution in [2.75, 3.05) is 11.9 Å². The SMILES string of the molecule is CCOc1c(Cl)cccc1Nc1nc(C)ccc1C(=O)O. The van der Waals surface area contributed by atoms with E-state index in [0.29, 0.717) is 28.8 Å². The fourth-order valence-corrected chi connectivity index (χ4v) is 2.08. The maximum Gasteiger partial charge on any atom is 0.339 e. The number of hydrogen-bond acceptors (Lipinski definition) is 4. The number of carbonyl (C=O) groups is 1. The van der Waals surface area contributed by atoms with Crippen molar-refractivity contribution in [3.63, 3.8) is 0 Å². The van der Waals surface area contributed by atoms with Gasteiger partial charge in [-0.1, -0.05) is 17.7 Å². The molecule has 0 saturated carbocycles. The first-order chi connectivity index (χ1) is 10.0. The molecule has 2 rings (SSSR count). The van der Waals surface area contributed by atoms with Gasteiger partial charge in [-0.3, -0.25) is 0 Å². The number of ether oxygens (including phenoxy) is 1. The summed E-state index contributed by atoms with van der Waals surface area (Å²) in [4.78, 5) is 15.5. The van der Waals surface area contributed by atoms with E-state index in [4.69, 9.17) is 16.3 Å². The second kappa shape index (κ2) is 6.45. The quantitative estimate of drug-likeness (QED) is 0.877. The minimum Gasteiger partial charge on any atom is -0.490 e. The number of pyridine rings is 1. The van der Waals surface area contributed by atoms with Crippen LogP contribution >= 0.6 is 11.6 Å². The van der Waals surface area contributed by atoms with Crippen molar-refractivity contribution in [3.05, 3.63) is 46.6 Å². The molecule has 6 heteroatoms. The molecule has 0 bridgehead atoms. The highest BCUT2D eigenvalue weighted by Gasteiger charge is 2.15. The van der Waals surface area contributed by atoms with Crippen LogP contribution < -0.4 is 10.1 Å². The maximum absolute atomic E-state index is 11.3. The van der Waals surface area contributed by atoms with E-state index >= 15 is 0 Å². The summed E-state index contributed by atoms with van der Waals surface area (Å²) in [6, 6.07) is 8.38. The van der Waals surface area contributed by atoms with Gasteiger partial charge in [-0.25, -0.2) is 9.78 Å². The van der Waals surface area contributed by atoms with Crippen molar-refractivity contribution in [1.29, 1.82) is 0 Å². The molecule has 110 valence electrons. The lowest BCUT2D eigenvalue weighted by Gasteiger charge is -2.14. The maximum atomic E-state index is 11.3. The molecule has 0 radical (unpaired) electrons. The molecular formula is C15H15ClN2O3. The smallest absolute Gasteiger partial charge is 0.339 e. The number of nitrogens with zero attached hydrogens (tertiary/aromatic N) is 1. The van der Waals surface area contributed by atoms with Crippen molar-refractivity contribution < 1.29 is 14.6 Å². The molecule has 1 aromatic carbocycles. The molecule has 0 unspecified atom stereocenters. The number of carboxylic acid groups (broad SMARTS) is 1. The summed E-state index contributed by atoms with van der Waals surface area (Å²) in [5, 5.41) is 12.7. The van der Waals surface area contributed by atoms with Crippen LogP contribution in [-0.2, 0) is 0 Å². The monoisotopic (exact) mass is 306 g/mol. The van der Waals surface area contributed by atoms with Crippen LogP contribution in [0.3, 0.4) is 0 Å². The molecule has 5 nitrogen and oxygen atoms in total. The summed E-state index contributed by atoms with van der Waals surface area (Å²) in [6.45, 7) is 4.09. The first kappa shape index (κ1) is 15.1. The second-order valence-electron chi connectivity index (χ2n) is 4.33. The number of anilines is 2. The molecule has 0 aliphatic carbocycles. The van der Waals surface area contributed by atoms with E-state index in [-0.39, 0.29) is 11.4 Å². The van der Waals surface area contributed by atoms with Crippen LogP contribution in [0, 0.1) is 6.92 Å². The van der Waals surface area contributed by atoms with Gasteiger partial charge in [0.1, 0.15) is 11.4 Å². The van der Waals surface area contributed by atoms with Gasteiger partial charge in [0.2, 0.25) is 0 Å². The Labute approximate surface area is 127 Å². The van der Waals surface area contributed by atoms with E-state index in [9.17, 15) is 9.90 Å². The fourth-order valence-electron chi connectivity index (χ4n) is 1.85. The number of rotatable bonds is 5. The summed E-state index contributed by atoms with van der Waals surface area (Å²) in [5.41, 5.74) is 1.37. The van der Waals surface area contributed by atoms with Crippen molar-refractivity contribution in [2.45, 2.75) is 13.8 Å². The largest absolute Gasteiger partial charge is 0.490 e. The first-order valence-electron chi connectivity index (χ1n) is 6.42. The van der Waals surface area contributed by atoms with Gasteiger partial charge in [-0.05, 0) is 38.1 Å². The highest BCUT2D eigenvalue weighted by Crippen LogP contribution is 2.35. The van der Waals surface area contributed by atoms with E-state index in [1.54, 1.807) is 31.2 Å². The Morgan fingerprint density at radius 1 is 1.38 bits per heavy atom. The number of hydrogen-bond donors (Lipinski definition) is 2. The highest BCUT2D eigenvalue weighted by molar-refractivity contribution is 6.32. The van der Waals surface area contributed by atoms with E-state index in [2.05, 4.69) is 10.3 Å². The Bertz CT molecular complexity index is 674. The summed E-state index contributed by atoms with van der Waals surface area (Å²) >= 11 is 6.11. The molecule has 0 atom stereocenters. The van der Waals surface area contributed by atoms with Crippen molar-refractivity contribution in [3.8, 4) is 5.75 Å². The zero-order chi connectivity index (χ0) is 15.4. The number of aromatic carboxylic acids is 1. The van der Waals surface area contributed by atoms with E-state index in [1.165, 1.54) is 6.07 Å². The summed E-state index contributed by atoms with van der Waals surface area (Å²) in [6.07, 6.45) is 0. The van der Waals surface area contributed by atoms with Gasteiger partial charge < -0.3 is 15.2 Å². The minimum atomic E-state index is -1.05. The summed E-state index contributed by atoms with van der Waals surface area (Å²) in [7, 11) is 0. The van der Waals surface area contributed by atoms with Crippen LogP contribution in [0.4, 0.5) is 11.5 Å². The Hall–Kier alpha value is -2.27. The number of para-hydroxylation sites is 1. The predicted molar refractivity (Wildman–Crippen MR) is 81.8 cm³/mol.